The van der Waals surface area contributed by atoms with Gasteiger partial charge in [-0.3, -0.25) is 0 Å². The van der Waals surface area contributed by atoms with Crippen molar-refractivity contribution in [2.75, 3.05) is 0 Å². The van der Waals surface area contributed by atoms with Crippen LogP contribution in [0, 0.1) is 0 Å². The summed E-state index contributed by atoms with van der Waals surface area (Å²) >= 11 is 3.41. The molecule has 0 nitrogen and oxygen atoms in total. The first-order chi connectivity index (χ1) is 6.82. The van der Waals surface area contributed by atoms with Crippen LogP contribution in [0.4, 0.5) is 13.2 Å². The van der Waals surface area contributed by atoms with Crippen LogP contribution in [0.5, 0.6) is 0 Å². The van der Waals surface area contributed by atoms with Gasteiger partial charge in [-0.2, -0.15) is 13.2 Å². The van der Waals surface area contributed by atoms with Crippen LogP contribution < -0.4 is 0 Å². The topological polar surface area (TPSA) is 0 Å². The third kappa shape index (κ3) is 3.23. The Bertz CT molecular complexity index is 314. The lowest BCUT2D eigenvalue weighted by Crippen LogP contribution is -2.07. The Morgan fingerprint density at radius 2 is 1.53 bits per heavy atom. The molecule has 84 valence electrons. The van der Waals surface area contributed by atoms with E-state index in [4.69, 9.17) is 0 Å². The fourth-order valence-corrected chi connectivity index (χ4v) is 1.55. The van der Waals surface area contributed by atoms with Crippen LogP contribution >= 0.6 is 15.9 Å². The highest BCUT2D eigenvalue weighted by Gasteiger charge is 2.30. The van der Waals surface area contributed by atoms with E-state index in [9.17, 15) is 13.2 Å². The predicted molar refractivity (Wildman–Crippen MR) is 58.2 cm³/mol. The van der Waals surface area contributed by atoms with E-state index >= 15 is 0 Å². The first-order valence-electron chi connectivity index (χ1n) is 4.63. The maximum Gasteiger partial charge on any atom is 0.416 e. The standard InChI is InChI=1S/C11H12BrF3/c1-7(8(2)12)9-3-5-10(6-4-9)11(13,14)15/h3-8H,1-2H3. The average Bonchev–Trinajstić information content (AvgIpc) is 2.15. The minimum absolute atomic E-state index is 0.201. The largest absolute Gasteiger partial charge is 0.416 e. The summed E-state index contributed by atoms with van der Waals surface area (Å²) in [7, 11) is 0. The lowest BCUT2D eigenvalue weighted by atomic mass is 9.97. The maximum absolute atomic E-state index is 12.3. The van der Waals surface area contributed by atoms with Crippen LogP contribution in [-0.2, 0) is 6.18 Å². The lowest BCUT2D eigenvalue weighted by Gasteiger charge is -2.15. The highest BCUT2D eigenvalue weighted by molar-refractivity contribution is 9.09. The summed E-state index contributed by atoms with van der Waals surface area (Å²) in [6.07, 6.45) is -4.25. The van der Waals surface area contributed by atoms with Crippen LogP contribution in [0.2, 0.25) is 0 Å². The number of benzene rings is 1. The number of hydrogen-bond acceptors (Lipinski definition) is 0. The van der Waals surface area contributed by atoms with E-state index in [1.54, 1.807) is 0 Å². The van der Waals surface area contributed by atoms with Crippen LogP contribution in [-0.4, -0.2) is 4.83 Å². The summed E-state index contributed by atoms with van der Waals surface area (Å²) in [6.45, 7) is 3.95. The predicted octanol–water partition coefficient (Wildman–Crippen LogP) is 4.59. The van der Waals surface area contributed by atoms with Gasteiger partial charge in [-0.05, 0) is 23.6 Å². The van der Waals surface area contributed by atoms with Gasteiger partial charge >= 0.3 is 6.18 Å². The molecule has 0 heterocycles. The summed E-state index contributed by atoms with van der Waals surface area (Å²) in [5.41, 5.74) is 0.313. The van der Waals surface area contributed by atoms with E-state index in [1.165, 1.54) is 12.1 Å². The molecule has 0 aliphatic carbocycles. The van der Waals surface area contributed by atoms with Crippen molar-refractivity contribution in [2.24, 2.45) is 0 Å². The van der Waals surface area contributed by atoms with Gasteiger partial charge in [0.15, 0.2) is 0 Å². The highest BCUT2D eigenvalue weighted by Crippen LogP contribution is 2.31. The molecule has 1 aromatic carbocycles. The van der Waals surface area contributed by atoms with Crippen molar-refractivity contribution in [2.45, 2.75) is 30.8 Å². The highest BCUT2D eigenvalue weighted by atomic mass is 79.9. The van der Waals surface area contributed by atoms with E-state index in [2.05, 4.69) is 15.9 Å². The normalized spacial score (nSPS) is 16.1. The molecule has 0 fully saturated rings. The number of halogens is 4. The van der Waals surface area contributed by atoms with E-state index in [0.717, 1.165) is 17.7 Å². The van der Waals surface area contributed by atoms with Gasteiger partial charge in [-0.15, -0.1) is 0 Å². The van der Waals surface area contributed by atoms with Crippen LogP contribution in [0.1, 0.15) is 30.9 Å². The molecule has 0 aliphatic rings. The summed E-state index contributed by atoms with van der Waals surface area (Å²) in [5, 5.41) is 0. The fourth-order valence-electron chi connectivity index (χ4n) is 1.24. The molecule has 4 heteroatoms. The van der Waals surface area contributed by atoms with Crippen LogP contribution in [0.15, 0.2) is 24.3 Å². The Morgan fingerprint density at radius 1 is 1.07 bits per heavy atom. The van der Waals surface area contributed by atoms with Gasteiger partial charge in [0.1, 0.15) is 0 Å². The second-order valence-electron chi connectivity index (χ2n) is 3.59. The van der Waals surface area contributed by atoms with Gasteiger partial charge in [0.25, 0.3) is 0 Å². The fraction of sp³-hybridized carbons (Fsp3) is 0.455. The smallest absolute Gasteiger partial charge is 0.166 e. The van der Waals surface area contributed by atoms with E-state index in [-0.39, 0.29) is 10.7 Å². The molecule has 1 aromatic rings. The minimum Gasteiger partial charge on any atom is -0.166 e. The zero-order valence-electron chi connectivity index (χ0n) is 8.48. The Labute approximate surface area is 95.6 Å². The summed E-state index contributed by atoms with van der Waals surface area (Å²) in [6, 6.07) is 5.32. The Hall–Kier alpha value is -0.510. The van der Waals surface area contributed by atoms with Crippen LogP contribution in [0.3, 0.4) is 0 Å². The second-order valence-corrected chi connectivity index (χ2v) is 5.03. The van der Waals surface area contributed by atoms with E-state index < -0.39 is 11.7 Å². The summed E-state index contributed by atoms with van der Waals surface area (Å²) in [4.78, 5) is 0.245. The Balaban J connectivity index is 2.91. The van der Waals surface area contributed by atoms with Crippen molar-refractivity contribution in [1.29, 1.82) is 0 Å². The van der Waals surface area contributed by atoms with Crippen molar-refractivity contribution < 1.29 is 13.2 Å². The Kier molecular flexibility index (Phi) is 3.82. The summed E-state index contributed by atoms with van der Waals surface area (Å²) < 4.78 is 36.8. The number of hydrogen-bond donors (Lipinski definition) is 0. The molecule has 0 aliphatic heterocycles. The Morgan fingerprint density at radius 3 is 1.87 bits per heavy atom. The quantitative estimate of drug-likeness (QED) is 0.695. The van der Waals surface area contributed by atoms with Gasteiger partial charge < -0.3 is 0 Å². The molecular weight excluding hydrogens is 269 g/mol. The van der Waals surface area contributed by atoms with Crippen molar-refractivity contribution in [3.05, 3.63) is 35.4 Å². The van der Waals surface area contributed by atoms with Crippen molar-refractivity contribution in [1.82, 2.24) is 0 Å². The van der Waals surface area contributed by atoms with E-state index in [1.807, 2.05) is 13.8 Å². The van der Waals surface area contributed by atoms with Gasteiger partial charge in [0.05, 0.1) is 5.56 Å². The van der Waals surface area contributed by atoms with Gasteiger partial charge in [0.2, 0.25) is 0 Å². The third-order valence-electron chi connectivity index (χ3n) is 2.45. The molecular formula is C11H12BrF3. The zero-order chi connectivity index (χ0) is 11.6. The molecule has 0 saturated heterocycles. The molecule has 0 spiro atoms. The van der Waals surface area contributed by atoms with Crippen molar-refractivity contribution >= 4 is 15.9 Å². The molecule has 0 saturated carbocycles. The molecule has 0 bridgehead atoms. The molecule has 15 heavy (non-hydrogen) atoms. The van der Waals surface area contributed by atoms with Crippen molar-refractivity contribution in [3.8, 4) is 0 Å². The first-order valence-corrected chi connectivity index (χ1v) is 5.55. The molecule has 0 aromatic heterocycles. The lowest BCUT2D eigenvalue weighted by molar-refractivity contribution is -0.137. The van der Waals surface area contributed by atoms with E-state index in [0.29, 0.717) is 0 Å². The van der Waals surface area contributed by atoms with Gasteiger partial charge in [-0.25, -0.2) is 0 Å². The van der Waals surface area contributed by atoms with Gasteiger partial charge in [-0.1, -0.05) is 41.9 Å². The molecule has 2 atom stereocenters. The monoisotopic (exact) mass is 280 g/mol. The average molecular weight is 281 g/mol. The second kappa shape index (κ2) is 4.56. The van der Waals surface area contributed by atoms with Gasteiger partial charge in [0, 0.05) is 4.83 Å². The SMILES string of the molecule is CC(Br)C(C)c1ccc(C(F)(F)F)cc1. The first kappa shape index (κ1) is 12.6. The third-order valence-corrected chi connectivity index (χ3v) is 3.25. The zero-order valence-corrected chi connectivity index (χ0v) is 10.1. The molecule has 0 N–H and O–H groups in total. The van der Waals surface area contributed by atoms with Crippen LogP contribution in [0.25, 0.3) is 0 Å². The number of rotatable bonds is 2. The molecule has 0 radical (unpaired) electrons. The number of alkyl halides is 4. The summed E-state index contributed by atoms with van der Waals surface area (Å²) in [5.74, 6) is 0.201. The molecule has 0 amide bonds. The van der Waals surface area contributed by atoms with Crippen molar-refractivity contribution in [3.63, 3.8) is 0 Å². The maximum atomic E-state index is 12.3. The molecule has 1 rings (SSSR count). The minimum atomic E-state index is -4.25. The molecule has 2 unspecified atom stereocenters.